The van der Waals surface area contributed by atoms with Crippen molar-refractivity contribution >= 4 is 29.6 Å². The van der Waals surface area contributed by atoms with Crippen molar-refractivity contribution in [3.8, 4) is 5.75 Å². The number of hydrogen-bond acceptors (Lipinski definition) is 7. The van der Waals surface area contributed by atoms with Crippen molar-refractivity contribution in [3.05, 3.63) is 65.7 Å². The van der Waals surface area contributed by atoms with Gasteiger partial charge in [-0.15, -0.1) is 0 Å². The molecule has 0 saturated heterocycles. The van der Waals surface area contributed by atoms with E-state index in [-0.39, 0.29) is 31.4 Å². The van der Waals surface area contributed by atoms with Crippen LogP contribution >= 0.6 is 0 Å². The summed E-state index contributed by atoms with van der Waals surface area (Å²) in [6.45, 7) is -0.405. The summed E-state index contributed by atoms with van der Waals surface area (Å²) in [5.74, 6) is -4.16. The molecule has 4 amide bonds. The van der Waals surface area contributed by atoms with Crippen LogP contribution in [0.25, 0.3) is 0 Å². The number of carboxylic acids is 1. The first-order valence-electron chi connectivity index (χ1n) is 11.5. The minimum atomic E-state index is -1.28. The molecule has 0 spiro atoms. The van der Waals surface area contributed by atoms with Crippen molar-refractivity contribution in [2.75, 3.05) is 6.54 Å². The van der Waals surface area contributed by atoms with Crippen molar-refractivity contribution in [2.45, 2.75) is 43.8 Å². The van der Waals surface area contributed by atoms with Crippen molar-refractivity contribution in [2.24, 2.45) is 11.5 Å². The molecular formula is C25H31N5O7. The van der Waals surface area contributed by atoms with Crippen LogP contribution in [0.15, 0.2) is 54.6 Å². The van der Waals surface area contributed by atoms with E-state index in [2.05, 4.69) is 16.0 Å². The first-order valence-corrected chi connectivity index (χ1v) is 11.5. The molecule has 0 aliphatic carbocycles. The Balaban J connectivity index is 2.25. The number of carbonyl (C=O) groups is 5. The summed E-state index contributed by atoms with van der Waals surface area (Å²) in [4.78, 5) is 61.1. The average molecular weight is 514 g/mol. The maximum absolute atomic E-state index is 13.2. The molecule has 0 heterocycles. The number of carbonyl (C=O) groups excluding carboxylic acids is 4. The normalized spacial score (nSPS) is 13.0. The maximum atomic E-state index is 13.2. The first kappa shape index (κ1) is 28.8. The lowest BCUT2D eigenvalue weighted by Gasteiger charge is -2.24. The molecule has 2 aromatic carbocycles. The number of carboxylic acid groups (broad SMARTS) is 1. The van der Waals surface area contributed by atoms with E-state index in [4.69, 9.17) is 11.5 Å². The van der Waals surface area contributed by atoms with Crippen LogP contribution in [0.2, 0.25) is 0 Å². The van der Waals surface area contributed by atoms with Crippen LogP contribution in [0.5, 0.6) is 5.75 Å². The summed E-state index contributed by atoms with van der Waals surface area (Å²) in [5.41, 5.74) is 11.7. The molecule has 0 fully saturated rings. The number of benzene rings is 2. The molecule has 37 heavy (non-hydrogen) atoms. The van der Waals surface area contributed by atoms with Gasteiger partial charge in [-0.25, -0.2) is 4.79 Å². The second kappa shape index (κ2) is 14.2. The molecule has 3 atom stereocenters. The summed E-state index contributed by atoms with van der Waals surface area (Å²) in [6.07, 6.45) is -0.388. The molecule has 12 nitrogen and oxygen atoms in total. The van der Waals surface area contributed by atoms with Crippen molar-refractivity contribution in [3.63, 3.8) is 0 Å². The predicted octanol–water partition coefficient (Wildman–Crippen LogP) is -1.06. The number of aromatic hydroxyl groups is 1. The molecule has 198 valence electrons. The third-order valence-electron chi connectivity index (χ3n) is 5.42. The quantitative estimate of drug-likeness (QED) is 0.165. The fraction of sp³-hybridized carbons (Fsp3) is 0.320. The number of amides is 4. The Morgan fingerprint density at radius 3 is 1.86 bits per heavy atom. The number of nitrogens with two attached hydrogens (primary N) is 2. The van der Waals surface area contributed by atoms with Crippen LogP contribution in [-0.4, -0.2) is 64.5 Å². The second-order valence-electron chi connectivity index (χ2n) is 8.35. The zero-order valence-corrected chi connectivity index (χ0v) is 20.1. The van der Waals surface area contributed by atoms with E-state index in [1.807, 2.05) is 0 Å². The Bertz CT molecular complexity index is 1090. The number of rotatable bonds is 14. The Labute approximate surface area is 213 Å². The van der Waals surface area contributed by atoms with Gasteiger partial charge in [-0.1, -0.05) is 42.5 Å². The molecule has 12 heteroatoms. The van der Waals surface area contributed by atoms with Crippen molar-refractivity contribution in [1.82, 2.24) is 16.0 Å². The number of phenolic OH excluding ortho intramolecular Hbond substituents is 1. The monoisotopic (exact) mass is 513 g/mol. The van der Waals surface area contributed by atoms with E-state index in [0.29, 0.717) is 11.1 Å². The van der Waals surface area contributed by atoms with Gasteiger partial charge in [0, 0.05) is 19.3 Å². The fourth-order valence-electron chi connectivity index (χ4n) is 3.48. The lowest BCUT2D eigenvalue weighted by atomic mass is 10.0. The van der Waals surface area contributed by atoms with E-state index in [1.165, 1.54) is 12.1 Å². The highest BCUT2D eigenvalue weighted by molar-refractivity contribution is 5.94. The molecule has 9 N–H and O–H groups in total. The molecule has 0 aliphatic rings. The van der Waals surface area contributed by atoms with E-state index in [9.17, 15) is 34.2 Å². The van der Waals surface area contributed by atoms with Crippen LogP contribution in [0.1, 0.15) is 24.0 Å². The molecule has 0 radical (unpaired) electrons. The highest BCUT2D eigenvalue weighted by Gasteiger charge is 2.30. The van der Waals surface area contributed by atoms with Gasteiger partial charge in [0.25, 0.3) is 0 Å². The molecule has 0 aromatic heterocycles. The smallest absolute Gasteiger partial charge is 0.326 e. The summed E-state index contributed by atoms with van der Waals surface area (Å²) in [6, 6.07) is 10.9. The second-order valence-corrected chi connectivity index (χ2v) is 8.35. The Morgan fingerprint density at radius 1 is 0.757 bits per heavy atom. The van der Waals surface area contributed by atoms with Gasteiger partial charge in [-0.2, -0.15) is 0 Å². The number of hydrogen-bond donors (Lipinski definition) is 7. The van der Waals surface area contributed by atoms with Crippen molar-refractivity contribution in [1.29, 1.82) is 0 Å². The molecule has 3 unspecified atom stereocenters. The lowest BCUT2D eigenvalue weighted by molar-refractivity contribution is -0.142. The van der Waals surface area contributed by atoms with Gasteiger partial charge >= 0.3 is 5.97 Å². The van der Waals surface area contributed by atoms with Crippen LogP contribution in [0, 0.1) is 0 Å². The summed E-state index contributed by atoms with van der Waals surface area (Å²) in [7, 11) is 0. The number of primary amides is 1. The topological polar surface area (TPSA) is 214 Å². The number of phenols is 1. The van der Waals surface area contributed by atoms with E-state index >= 15 is 0 Å². The van der Waals surface area contributed by atoms with Crippen LogP contribution in [0.3, 0.4) is 0 Å². The summed E-state index contributed by atoms with van der Waals surface area (Å²) >= 11 is 0. The van der Waals surface area contributed by atoms with Gasteiger partial charge in [0.2, 0.25) is 23.6 Å². The molecule has 0 saturated carbocycles. The van der Waals surface area contributed by atoms with Gasteiger partial charge in [-0.05, 0) is 29.7 Å². The third-order valence-corrected chi connectivity index (χ3v) is 5.42. The zero-order chi connectivity index (χ0) is 27.4. The van der Waals surface area contributed by atoms with Gasteiger partial charge in [0.05, 0.1) is 6.54 Å². The first-order chi connectivity index (χ1) is 17.6. The SMILES string of the molecule is NCC(=O)NC(CCC(N)=O)C(=O)NC(Cc1ccc(O)cc1)C(=O)NC(Cc1ccccc1)C(=O)O. The molecule has 0 bridgehead atoms. The van der Waals surface area contributed by atoms with Gasteiger partial charge in [0.1, 0.15) is 23.9 Å². The van der Waals surface area contributed by atoms with Crippen LogP contribution in [0.4, 0.5) is 0 Å². The summed E-state index contributed by atoms with van der Waals surface area (Å²) < 4.78 is 0. The zero-order valence-electron chi connectivity index (χ0n) is 20.1. The maximum Gasteiger partial charge on any atom is 0.326 e. The van der Waals surface area contributed by atoms with Gasteiger partial charge in [0.15, 0.2) is 0 Å². The third kappa shape index (κ3) is 9.98. The average Bonchev–Trinajstić information content (AvgIpc) is 2.87. The minimum Gasteiger partial charge on any atom is -0.508 e. The molecule has 2 aromatic rings. The van der Waals surface area contributed by atoms with E-state index < -0.39 is 54.3 Å². The Morgan fingerprint density at radius 2 is 1.30 bits per heavy atom. The molecule has 0 aliphatic heterocycles. The molecular weight excluding hydrogens is 482 g/mol. The highest BCUT2D eigenvalue weighted by Crippen LogP contribution is 2.12. The van der Waals surface area contributed by atoms with Gasteiger partial charge in [-0.3, -0.25) is 19.2 Å². The Hall–Kier alpha value is -4.45. The molecule has 2 rings (SSSR count). The Kier molecular flexibility index (Phi) is 11.0. The van der Waals surface area contributed by atoms with E-state index in [0.717, 1.165) is 0 Å². The standard InChI is InChI=1S/C25H31N5O7/c26-14-22(33)28-18(10-11-21(27)32)23(34)29-19(12-16-6-8-17(31)9-7-16)24(35)30-20(25(36)37)13-15-4-2-1-3-5-15/h1-9,18-20,31H,10-14,26H2,(H2,27,32)(H,28,33)(H,29,34)(H,30,35)(H,36,37). The number of aliphatic carboxylic acids is 1. The number of nitrogens with one attached hydrogen (secondary N) is 3. The van der Waals surface area contributed by atoms with Crippen LogP contribution in [-0.2, 0) is 36.8 Å². The fourth-order valence-corrected chi connectivity index (χ4v) is 3.48. The predicted molar refractivity (Wildman–Crippen MR) is 133 cm³/mol. The lowest BCUT2D eigenvalue weighted by Crippen LogP contribution is -2.57. The summed E-state index contributed by atoms with van der Waals surface area (Å²) in [5, 5.41) is 26.6. The van der Waals surface area contributed by atoms with Crippen molar-refractivity contribution < 1.29 is 34.2 Å². The van der Waals surface area contributed by atoms with Crippen LogP contribution < -0.4 is 27.4 Å². The van der Waals surface area contributed by atoms with Gasteiger partial charge < -0.3 is 37.6 Å². The van der Waals surface area contributed by atoms with E-state index in [1.54, 1.807) is 42.5 Å². The minimum absolute atomic E-state index is 0.00129. The highest BCUT2D eigenvalue weighted by atomic mass is 16.4. The largest absolute Gasteiger partial charge is 0.508 e.